The van der Waals surface area contributed by atoms with Gasteiger partial charge in [0.05, 0.1) is 18.4 Å². The number of rotatable bonds is 5. The van der Waals surface area contributed by atoms with Crippen LogP contribution in [0.25, 0.3) is 11.0 Å². The SMILES string of the molecule is CCOc1ccc2c(=O)cc(CCC(=O)O)oc2c1. The van der Waals surface area contributed by atoms with E-state index in [9.17, 15) is 9.59 Å². The molecule has 0 aliphatic carbocycles. The van der Waals surface area contributed by atoms with Gasteiger partial charge in [-0.25, -0.2) is 0 Å². The summed E-state index contributed by atoms with van der Waals surface area (Å²) in [6.45, 7) is 2.39. The standard InChI is InChI=1S/C14H14O5/c1-2-18-9-3-5-11-12(15)7-10(4-6-14(16)17)19-13(11)8-9/h3,5,7-8H,2,4,6H2,1H3,(H,16,17). The topological polar surface area (TPSA) is 76.7 Å². The van der Waals surface area contributed by atoms with Crippen LogP contribution in [0.15, 0.2) is 33.5 Å². The molecule has 0 spiro atoms. The number of hydrogen-bond donors (Lipinski definition) is 1. The molecule has 0 aliphatic heterocycles. The molecular formula is C14H14O5. The molecule has 1 N–H and O–H groups in total. The van der Waals surface area contributed by atoms with E-state index < -0.39 is 5.97 Å². The van der Waals surface area contributed by atoms with Gasteiger partial charge in [0.25, 0.3) is 0 Å². The van der Waals surface area contributed by atoms with Crippen molar-refractivity contribution in [1.82, 2.24) is 0 Å². The highest BCUT2D eigenvalue weighted by molar-refractivity contribution is 5.78. The van der Waals surface area contributed by atoms with E-state index in [2.05, 4.69) is 0 Å². The van der Waals surface area contributed by atoms with Crippen molar-refractivity contribution in [2.24, 2.45) is 0 Å². The molecule has 5 heteroatoms. The van der Waals surface area contributed by atoms with Crippen LogP contribution in [0.1, 0.15) is 19.1 Å². The largest absolute Gasteiger partial charge is 0.494 e. The molecule has 0 atom stereocenters. The van der Waals surface area contributed by atoms with Crippen molar-refractivity contribution in [3.05, 3.63) is 40.2 Å². The van der Waals surface area contributed by atoms with E-state index in [0.717, 1.165) is 0 Å². The van der Waals surface area contributed by atoms with E-state index in [1.165, 1.54) is 6.07 Å². The zero-order chi connectivity index (χ0) is 13.8. The monoisotopic (exact) mass is 262 g/mol. The third-order valence-corrected chi connectivity index (χ3v) is 2.65. The number of hydrogen-bond acceptors (Lipinski definition) is 4. The highest BCUT2D eigenvalue weighted by Gasteiger charge is 2.08. The molecule has 1 heterocycles. The lowest BCUT2D eigenvalue weighted by Crippen LogP contribution is -2.04. The summed E-state index contributed by atoms with van der Waals surface area (Å²) in [5.41, 5.74) is 0.239. The summed E-state index contributed by atoms with van der Waals surface area (Å²) in [7, 11) is 0. The van der Waals surface area contributed by atoms with Crippen molar-refractivity contribution < 1.29 is 19.1 Å². The van der Waals surface area contributed by atoms with Gasteiger partial charge >= 0.3 is 5.97 Å². The molecular weight excluding hydrogens is 248 g/mol. The maximum absolute atomic E-state index is 11.9. The Balaban J connectivity index is 2.41. The summed E-state index contributed by atoms with van der Waals surface area (Å²) in [5.74, 6) is 0.0629. The summed E-state index contributed by atoms with van der Waals surface area (Å²) < 4.78 is 10.9. The highest BCUT2D eigenvalue weighted by Crippen LogP contribution is 2.20. The molecule has 1 aromatic carbocycles. The maximum atomic E-state index is 11.9. The number of fused-ring (bicyclic) bond motifs is 1. The number of aryl methyl sites for hydroxylation is 1. The fourth-order valence-corrected chi connectivity index (χ4v) is 1.80. The first-order valence-corrected chi connectivity index (χ1v) is 6.01. The molecule has 1 aromatic heterocycles. The average molecular weight is 262 g/mol. The summed E-state index contributed by atoms with van der Waals surface area (Å²) in [4.78, 5) is 22.4. The van der Waals surface area contributed by atoms with Crippen LogP contribution in [0.5, 0.6) is 5.75 Å². The number of carbonyl (C=O) groups is 1. The van der Waals surface area contributed by atoms with Crippen LogP contribution in [0.3, 0.4) is 0 Å². The molecule has 0 radical (unpaired) electrons. The van der Waals surface area contributed by atoms with Gasteiger partial charge in [0.15, 0.2) is 5.43 Å². The van der Waals surface area contributed by atoms with Crippen LogP contribution >= 0.6 is 0 Å². The molecule has 0 fully saturated rings. The number of carboxylic acid groups (broad SMARTS) is 1. The number of carboxylic acids is 1. The quantitative estimate of drug-likeness (QED) is 0.893. The molecule has 2 rings (SSSR count). The minimum Gasteiger partial charge on any atom is -0.494 e. The normalized spacial score (nSPS) is 10.6. The maximum Gasteiger partial charge on any atom is 0.303 e. The lowest BCUT2D eigenvalue weighted by atomic mass is 10.2. The van der Waals surface area contributed by atoms with Gasteiger partial charge in [-0.2, -0.15) is 0 Å². The second-order valence-corrected chi connectivity index (χ2v) is 4.06. The highest BCUT2D eigenvalue weighted by atomic mass is 16.5. The van der Waals surface area contributed by atoms with Gasteiger partial charge in [-0.3, -0.25) is 9.59 Å². The molecule has 100 valence electrons. The Hall–Kier alpha value is -2.30. The third kappa shape index (κ3) is 3.13. The molecule has 0 bridgehead atoms. The zero-order valence-corrected chi connectivity index (χ0v) is 10.5. The van der Waals surface area contributed by atoms with Gasteiger partial charge in [0.2, 0.25) is 0 Å². The van der Waals surface area contributed by atoms with Crippen molar-refractivity contribution in [2.75, 3.05) is 6.61 Å². The Labute approximate surface area is 109 Å². The van der Waals surface area contributed by atoms with Crippen LogP contribution in [-0.4, -0.2) is 17.7 Å². The van der Waals surface area contributed by atoms with E-state index in [-0.39, 0.29) is 18.3 Å². The summed E-state index contributed by atoms with van der Waals surface area (Å²) in [6.07, 6.45) is 0.124. The van der Waals surface area contributed by atoms with Gasteiger partial charge in [-0.15, -0.1) is 0 Å². The first-order valence-electron chi connectivity index (χ1n) is 6.01. The van der Waals surface area contributed by atoms with Crippen molar-refractivity contribution in [3.8, 4) is 5.75 Å². The first kappa shape index (κ1) is 13.1. The van der Waals surface area contributed by atoms with E-state index in [4.69, 9.17) is 14.3 Å². The summed E-state index contributed by atoms with van der Waals surface area (Å²) in [6, 6.07) is 6.34. The average Bonchev–Trinajstić information content (AvgIpc) is 2.36. The molecule has 0 saturated heterocycles. The Kier molecular flexibility index (Phi) is 3.85. The molecule has 0 amide bonds. The van der Waals surface area contributed by atoms with Gasteiger partial charge in [-0.1, -0.05) is 0 Å². The Bertz CT molecular complexity index is 656. The number of aliphatic carboxylic acids is 1. The third-order valence-electron chi connectivity index (χ3n) is 2.65. The van der Waals surface area contributed by atoms with Crippen molar-refractivity contribution in [1.29, 1.82) is 0 Å². The van der Waals surface area contributed by atoms with Crippen LogP contribution in [0.2, 0.25) is 0 Å². The first-order chi connectivity index (χ1) is 9.10. The van der Waals surface area contributed by atoms with Gasteiger partial charge in [-0.05, 0) is 19.1 Å². The molecule has 2 aromatic rings. The Morgan fingerprint density at radius 3 is 2.84 bits per heavy atom. The van der Waals surface area contributed by atoms with Gasteiger partial charge < -0.3 is 14.3 Å². The van der Waals surface area contributed by atoms with E-state index in [1.807, 2.05) is 6.92 Å². The predicted octanol–water partition coefficient (Wildman–Crippen LogP) is 2.21. The van der Waals surface area contributed by atoms with Crippen LogP contribution < -0.4 is 10.2 Å². The second-order valence-electron chi connectivity index (χ2n) is 4.06. The number of benzene rings is 1. The lowest BCUT2D eigenvalue weighted by Gasteiger charge is -2.05. The fourth-order valence-electron chi connectivity index (χ4n) is 1.80. The molecule has 19 heavy (non-hydrogen) atoms. The van der Waals surface area contributed by atoms with Crippen LogP contribution in [0.4, 0.5) is 0 Å². The molecule has 0 unspecified atom stereocenters. The van der Waals surface area contributed by atoms with Crippen LogP contribution in [0, 0.1) is 0 Å². The minimum absolute atomic E-state index is 0.0698. The van der Waals surface area contributed by atoms with Crippen molar-refractivity contribution >= 4 is 16.9 Å². The predicted molar refractivity (Wildman–Crippen MR) is 69.6 cm³/mol. The Morgan fingerprint density at radius 2 is 2.16 bits per heavy atom. The summed E-state index contributed by atoms with van der Waals surface area (Å²) in [5, 5.41) is 9.09. The van der Waals surface area contributed by atoms with Crippen LogP contribution in [-0.2, 0) is 11.2 Å². The van der Waals surface area contributed by atoms with Gasteiger partial charge in [0.1, 0.15) is 17.1 Å². The number of ether oxygens (including phenoxy) is 1. The smallest absolute Gasteiger partial charge is 0.303 e. The fraction of sp³-hybridized carbons (Fsp3) is 0.286. The van der Waals surface area contributed by atoms with Gasteiger partial charge in [0, 0.05) is 18.6 Å². The summed E-state index contributed by atoms with van der Waals surface area (Å²) >= 11 is 0. The van der Waals surface area contributed by atoms with E-state index >= 15 is 0 Å². The van der Waals surface area contributed by atoms with E-state index in [1.54, 1.807) is 18.2 Å². The second kappa shape index (κ2) is 5.56. The lowest BCUT2D eigenvalue weighted by molar-refractivity contribution is -0.137. The molecule has 5 nitrogen and oxygen atoms in total. The van der Waals surface area contributed by atoms with Crippen molar-refractivity contribution in [3.63, 3.8) is 0 Å². The minimum atomic E-state index is -0.925. The molecule has 0 saturated carbocycles. The zero-order valence-electron chi connectivity index (χ0n) is 10.5. The Morgan fingerprint density at radius 1 is 1.37 bits per heavy atom. The van der Waals surface area contributed by atoms with E-state index in [0.29, 0.717) is 29.1 Å². The molecule has 0 aliphatic rings. The van der Waals surface area contributed by atoms with Crippen molar-refractivity contribution in [2.45, 2.75) is 19.8 Å².